The molecule has 0 aliphatic carbocycles. The monoisotopic (exact) mass is 237 g/mol. The lowest BCUT2D eigenvalue weighted by atomic mass is 9.98. The molecule has 2 rings (SSSR count). The number of aromatic nitrogens is 4. The zero-order chi connectivity index (χ0) is 11.5. The van der Waals surface area contributed by atoms with Crippen LogP contribution in [-0.2, 0) is 0 Å². The normalized spacial score (nSPS) is 14.9. The maximum Gasteiger partial charge on any atom is 0.184 e. The fourth-order valence-electron chi connectivity index (χ4n) is 1.40. The van der Waals surface area contributed by atoms with Crippen molar-refractivity contribution in [2.45, 2.75) is 26.3 Å². The van der Waals surface area contributed by atoms with Crippen molar-refractivity contribution in [2.24, 2.45) is 11.7 Å². The van der Waals surface area contributed by atoms with Gasteiger partial charge in [0.15, 0.2) is 10.8 Å². The maximum atomic E-state index is 6.11. The number of nitrogens with one attached hydrogen (secondary N) is 1. The molecule has 0 saturated carbocycles. The molecule has 86 valence electrons. The van der Waals surface area contributed by atoms with E-state index >= 15 is 0 Å². The lowest BCUT2D eigenvalue weighted by molar-refractivity contribution is 0.450. The first-order valence-electron chi connectivity index (χ1n) is 5.29. The summed E-state index contributed by atoms with van der Waals surface area (Å²) in [6.45, 7) is 4.27. The summed E-state index contributed by atoms with van der Waals surface area (Å²) in [7, 11) is 0. The van der Waals surface area contributed by atoms with Crippen LogP contribution in [0, 0.1) is 5.92 Å². The molecule has 0 aliphatic rings. The standard InChI is InChI=1S/C10H15N5S/c1-3-6(2)8(11)7-4-16-10(14-7)9-12-5-13-15-9/h4-6,8H,3,11H2,1-2H3,(H,12,13,15). The molecule has 0 amide bonds. The quantitative estimate of drug-likeness (QED) is 0.852. The van der Waals surface area contributed by atoms with Gasteiger partial charge in [0.2, 0.25) is 0 Å². The molecule has 0 spiro atoms. The van der Waals surface area contributed by atoms with Gasteiger partial charge in [0.1, 0.15) is 6.33 Å². The van der Waals surface area contributed by atoms with Gasteiger partial charge in [-0.3, -0.25) is 5.10 Å². The molecule has 0 aliphatic heterocycles. The molecular formula is C10H15N5S. The summed E-state index contributed by atoms with van der Waals surface area (Å²) in [6.07, 6.45) is 2.53. The molecule has 2 aromatic heterocycles. The van der Waals surface area contributed by atoms with Crippen LogP contribution in [0.25, 0.3) is 10.8 Å². The highest BCUT2D eigenvalue weighted by atomic mass is 32.1. The largest absolute Gasteiger partial charge is 0.322 e. The Morgan fingerprint density at radius 2 is 2.38 bits per heavy atom. The highest BCUT2D eigenvalue weighted by molar-refractivity contribution is 7.13. The highest BCUT2D eigenvalue weighted by Crippen LogP contribution is 2.26. The topological polar surface area (TPSA) is 80.5 Å². The van der Waals surface area contributed by atoms with Crippen LogP contribution in [0.5, 0.6) is 0 Å². The number of hydrogen-bond acceptors (Lipinski definition) is 5. The summed E-state index contributed by atoms with van der Waals surface area (Å²) in [5, 5.41) is 9.43. The van der Waals surface area contributed by atoms with Gasteiger partial charge in [0.05, 0.1) is 11.7 Å². The average Bonchev–Trinajstić information content (AvgIpc) is 2.96. The Hall–Kier alpha value is -1.27. The van der Waals surface area contributed by atoms with E-state index in [0.29, 0.717) is 11.7 Å². The predicted molar refractivity (Wildman–Crippen MR) is 63.9 cm³/mol. The Kier molecular flexibility index (Phi) is 3.31. The minimum Gasteiger partial charge on any atom is -0.322 e. The Morgan fingerprint density at radius 3 is 3.00 bits per heavy atom. The van der Waals surface area contributed by atoms with Gasteiger partial charge >= 0.3 is 0 Å². The van der Waals surface area contributed by atoms with Gasteiger partial charge in [-0.1, -0.05) is 20.3 Å². The van der Waals surface area contributed by atoms with Crippen LogP contribution < -0.4 is 5.73 Å². The number of thiazole rings is 1. The van der Waals surface area contributed by atoms with E-state index < -0.39 is 0 Å². The molecule has 5 nitrogen and oxygen atoms in total. The van der Waals surface area contributed by atoms with Gasteiger partial charge in [-0.25, -0.2) is 9.97 Å². The van der Waals surface area contributed by atoms with E-state index in [1.165, 1.54) is 17.7 Å². The predicted octanol–water partition coefficient (Wildman–Crippen LogP) is 1.97. The number of hydrogen-bond donors (Lipinski definition) is 2. The van der Waals surface area contributed by atoms with Crippen molar-refractivity contribution in [3.05, 3.63) is 17.4 Å². The first kappa shape index (κ1) is 11.2. The molecule has 3 N–H and O–H groups in total. The SMILES string of the molecule is CCC(C)C(N)c1csc(-c2ncn[nH]2)n1. The van der Waals surface area contributed by atoms with E-state index in [9.17, 15) is 0 Å². The van der Waals surface area contributed by atoms with E-state index in [2.05, 4.69) is 34.0 Å². The molecule has 2 aromatic rings. The second-order valence-electron chi connectivity index (χ2n) is 3.82. The maximum absolute atomic E-state index is 6.11. The average molecular weight is 237 g/mol. The van der Waals surface area contributed by atoms with Crippen molar-refractivity contribution in [2.75, 3.05) is 0 Å². The summed E-state index contributed by atoms with van der Waals surface area (Å²) in [5.41, 5.74) is 7.05. The fourth-order valence-corrected chi connectivity index (χ4v) is 2.21. The van der Waals surface area contributed by atoms with Gasteiger partial charge in [0, 0.05) is 5.38 Å². The molecule has 2 unspecified atom stereocenters. The zero-order valence-electron chi connectivity index (χ0n) is 9.34. The number of H-pyrrole nitrogens is 1. The molecular weight excluding hydrogens is 222 g/mol. The minimum absolute atomic E-state index is 0.00192. The number of rotatable bonds is 4. The molecule has 0 radical (unpaired) electrons. The molecule has 0 saturated heterocycles. The van der Waals surface area contributed by atoms with Crippen LogP contribution in [0.15, 0.2) is 11.7 Å². The third-order valence-electron chi connectivity index (χ3n) is 2.74. The van der Waals surface area contributed by atoms with Crippen LogP contribution >= 0.6 is 11.3 Å². The van der Waals surface area contributed by atoms with Crippen molar-refractivity contribution in [1.29, 1.82) is 0 Å². The summed E-state index contributed by atoms with van der Waals surface area (Å²) < 4.78 is 0. The highest BCUT2D eigenvalue weighted by Gasteiger charge is 2.17. The Labute approximate surface area is 98.1 Å². The Bertz CT molecular complexity index is 436. The van der Waals surface area contributed by atoms with Crippen molar-refractivity contribution >= 4 is 11.3 Å². The number of nitrogens with two attached hydrogens (primary N) is 1. The third-order valence-corrected chi connectivity index (χ3v) is 3.61. The lowest BCUT2D eigenvalue weighted by Gasteiger charge is -2.15. The first-order valence-corrected chi connectivity index (χ1v) is 6.17. The smallest absolute Gasteiger partial charge is 0.184 e. The minimum atomic E-state index is -0.00192. The van der Waals surface area contributed by atoms with Crippen molar-refractivity contribution < 1.29 is 0 Å². The van der Waals surface area contributed by atoms with E-state index in [0.717, 1.165) is 17.1 Å². The van der Waals surface area contributed by atoms with E-state index in [4.69, 9.17) is 5.73 Å². The van der Waals surface area contributed by atoms with Crippen LogP contribution in [0.4, 0.5) is 0 Å². The summed E-state index contributed by atoms with van der Waals surface area (Å²) >= 11 is 1.54. The molecule has 6 heteroatoms. The van der Waals surface area contributed by atoms with Gasteiger partial charge in [-0.15, -0.1) is 11.3 Å². The zero-order valence-corrected chi connectivity index (χ0v) is 10.2. The van der Waals surface area contributed by atoms with Crippen molar-refractivity contribution in [1.82, 2.24) is 20.2 Å². The Morgan fingerprint density at radius 1 is 1.56 bits per heavy atom. The number of aromatic amines is 1. The molecule has 0 bridgehead atoms. The van der Waals surface area contributed by atoms with Crippen molar-refractivity contribution in [3.63, 3.8) is 0 Å². The van der Waals surface area contributed by atoms with E-state index in [-0.39, 0.29) is 6.04 Å². The third kappa shape index (κ3) is 2.12. The summed E-state index contributed by atoms with van der Waals surface area (Å²) in [5.74, 6) is 1.14. The first-order chi connectivity index (χ1) is 7.72. The van der Waals surface area contributed by atoms with Crippen LogP contribution in [0.1, 0.15) is 32.0 Å². The van der Waals surface area contributed by atoms with E-state index in [1.54, 1.807) is 0 Å². The molecule has 0 fully saturated rings. The van der Waals surface area contributed by atoms with Gasteiger partial charge in [-0.05, 0) is 5.92 Å². The van der Waals surface area contributed by atoms with Crippen LogP contribution in [-0.4, -0.2) is 20.2 Å². The van der Waals surface area contributed by atoms with Crippen LogP contribution in [0.2, 0.25) is 0 Å². The second-order valence-corrected chi connectivity index (χ2v) is 4.68. The van der Waals surface area contributed by atoms with Crippen LogP contribution in [0.3, 0.4) is 0 Å². The van der Waals surface area contributed by atoms with E-state index in [1.807, 2.05) is 5.38 Å². The van der Waals surface area contributed by atoms with Crippen molar-refractivity contribution in [3.8, 4) is 10.8 Å². The molecule has 2 atom stereocenters. The lowest BCUT2D eigenvalue weighted by Crippen LogP contribution is -2.18. The van der Waals surface area contributed by atoms with Gasteiger partial charge < -0.3 is 5.73 Å². The number of nitrogens with zero attached hydrogens (tertiary/aromatic N) is 3. The fraction of sp³-hybridized carbons (Fsp3) is 0.500. The molecule has 16 heavy (non-hydrogen) atoms. The summed E-state index contributed by atoms with van der Waals surface area (Å²) in [6, 6.07) is -0.00192. The van der Waals surface area contributed by atoms with Gasteiger partial charge in [-0.2, -0.15) is 5.10 Å². The summed E-state index contributed by atoms with van der Waals surface area (Å²) in [4.78, 5) is 8.55. The Balaban J connectivity index is 2.20. The second kappa shape index (κ2) is 4.71. The van der Waals surface area contributed by atoms with Gasteiger partial charge in [0.25, 0.3) is 0 Å². The molecule has 2 heterocycles. The molecule has 0 aromatic carbocycles.